The number of nitrogens with two attached hydrogens (primary N) is 1. The molecule has 0 aliphatic carbocycles. The molecule has 0 heterocycles. The van der Waals surface area contributed by atoms with Crippen molar-refractivity contribution < 1.29 is 4.79 Å². The van der Waals surface area contributed by atoms with E-state index in [2.05, 4.69) is 5.32 Å². The molecule has 0 aliphatic rings. The molecule has 0 fully saturated rings. The normalized spacial score (nSPS) is 11.9. The average Bonchev–Trinajstić information content (AvgIpc) is 2.45. The van der Waals surface area contributed by atoms with Gasteiger partial charge in [0.1, 0.15) is 0 Å². The second kappa shape index (κ2) is 5.78. The van der Waals surface area contributed by atoms with E-state index in [-0.39, 0.29) is 11.9 Å². The summed E-state index contributed by atoms with van der Waals surface area (Å²) < 4.78 is 0. The first-order valence-electron chi connectivity index (χ1n) is 6.71. The molecule has 2 aromatic carbocycles. The molecule has 0 radical (unpaired) electrons. The van der Waals surface area contributed by atoms with E-state index >= 15 is 0 Å². The van der Waals surface area contributed by atoms with E-state index in [1.54, 1.807) is 0 Å². The molecule has 2 aromatic rings. The predicted octanol–water partition coefficient (Wildman–Crippen LogP) is 3.38. The Morgan fingerprint density at radius 3 is 2.20 bits per heavy atom. The van der Waals surface area contributed by atoms with E-state index in [0.29, 0.717) is 5.56 Å². The van der Waals surface area contributed by atoms with Crippen LogP contribution < -0.4 is 11.1 Å². The highest BCUT2D eigenvalue weighted by molar-refractivity contribution is 5.95. The summed E-state index contributed by atoms with van der Waals surface area (Å²) in [5, 5.41) is 3.01. The van der Waals surface area contributed by atoms with Crippen molar-refractivity contribution in [3.63, 3.8) is 0 Å². The molecule has 3 N–H and O–H groups in total. The van der Waals surface area contributed by atoms with Crippen LogP contribution in [0.15, 0.2) is 42.5 Å². The van der Waals surface area contributed by atoms with Crippen molar-refractivity contribution in [3.8, 4) is 0 Å². The van der Waals surface area contributed by atoms with Crippen LogP contribution in [-0.4, -0.2) is 5.91 Å². The summed E-state index contributed by atoms with van der Waals surface area (Å²) in [6.45, 7) is 5.81. The third-order valence-electron chi connectivity index (χ3n) is 3.50. The van der Waals surface area contributed by atoms with E-state index in [1.165, 1.54) is 0 Å². The highest BCUT2D eigenvalue weighted by Gasteiger charge is 2.13. The Hall–Kier alpha value is -2.29. The first kappa shape index (κ1) is 14.1. The van der Waals surface area contributed by atoms with Crippen molar-refractivity contribution in [3.05, 3.63) is 64.7 Å². The van der Waals surface area contributed by atoms with Crippen LogP contribution in [0, 0.1) is 13.8 Å². The molecule has 0 aliphatic heterocycles. The third-order valence-corrected chi connectivity index (χ3v) is 3.50. The largest absolute Gasteiger partial charge is 0.398 e. The van der Waals surface area contributed by atoms with E-state index in [1.807, 2.05) is 63.2 Å². The molecular weight excluding hydrogens is 248 g/mol. The Morgan fingerprint density at radius 1 is 1.10 bits per heavy atom. The van der Waals surface area contributed by atoms with Crippen LogP contribution in [0.4, 0.5) is 5.69 Å². The van der Waals surface area contributed by atoms with Gasteiger partial charge in [0.2, 0.25) is 0 Å². The van der Waals surface area contributed by atoms with Crippen LogP contribution in [0.3, 0.4) is 0 Å². The fraction of sp³-hybridized carbons (Fsp3) is 0.235. The van der Waals surface area contributed by atoms with Gasteiger partial charge in [0, 0.05) is 11.3 Å². The number of nitrogens with one attached hydrogen (secondary N) is 1. The minimum Gasteiger partial charge on any atom is -0.398 e. The van der Waals surface area contributed by atoms with Gasteiger partial charge in [-0.1, -0.05) is 30.3 Å². The van der Waals surface area contributed by atoms with Gasteiger partial charge in [-0.2, -0.15) is 0 Å². The Balaban J connectivity index is 2.17. The van der Waals surface area contributed by atoms with Gasteiger partial charge in [0.15, 0.2) is 0 Å². The van der Waals surface area contributed by atoms with Crippen LogP contribution >= 0.6 is 0 Å². The second-order valence-corrected chi connectivity index (χ2v) is 5.13. The summed E-state index contributed by atoms with van der Waals surface area (Å²) in [5.74, 6) is -0.0763. The summed E-state index contributed by atoms with van der Waals surface area (Å²) in [5.41, 5.74) is 10.3. The summed E-state index contributed by atoms with van der Waals surface area (Å²) in [4.78, 5) is 12.3. The number of carbonyl (C=O) groups is 1. The van der Waals surface area contributed by atoms with Gasteiger partial charge in [-0.05, 0) is 49.6 Å². The van der Waals surface area contributed by atoms with Crippen molar-refractivity contribution >= 4 is 11.6 Å². The molecule has 104 valence electrons. The monoisotopic (exact) mass is 268 g/mol. The lowest BCUT2D eigenvalue weighted by Gasteiger charge is -2.15. The zero-order valence-electron chi connectivity index (χ0n) is 12.1. The molecule has 0 aromatic heterocycles. The Kier molecular flexibility index (Phi) is 4.08. The van der Waals surface area contributed by atoms with Crippen LogP contribution in [0.1, 0.15) is 40.0 Å². The summed E-state index contributed by atoms with van der Waals surface area (Å²) in [6, 6.07) is 13.5. The molecule has 1 atom stereocenters. The zero-order chi connectivity index (χ0) is 14.7. The molecule has 1 amide bonds. The number of aryl methyl sites for hydroxylation is 2. The van der Waals surface area contributed by atoms with E-state index in [9.17, 15) is 4.79 Å². The van der Waals surface area contributed by atoms with Gasteiger partial charge in [0.25, 0.3) is 5.91 Å². The molecule has 2 rings (SSSR count). The maximum Gasteiger partial charge on any atom is 0.251 e. The van der Waals surface area contributed by atoms with Crippen molar-refractivity contribution in [2.45, 2.75) is 26.8 Å². The van der Waals surface area contributed by atoms with Crippen molar-refractivity contribution in [2.75, 3.05) is 5.73 Å². The van der Waals surface area contributed by atoms with Gasteiger partial charge in [-0.25, -0.2) is 0 Å². The first-order chi connectivity index (χ1) is 9.49. The highest BCUT2D eigenvalue weighted by atomic mass is 16.1. The fourth-order valence-electron chi connectivity index (χ4n) is 2.21. The van der Waals surface area contributed by atoms with Crippen LogP contribution in [0.2, 0.25) is 0 Å². The van der Waals surface area contributed by atoms with E-state index < -0.39 is 0 Å². The molecule has 20 heavy (non-hydrogen) atoms. The number of carbonyl (C=O) groups excluding carboxylic acids is 1. The Labute approximate surface area is 119 Å². The number of hydrogen-bond acceptors (Lipinski definition) is 2. The number of benzene rings is 2. The average molecular weight is 268 g/mol. The van der Waals surface area contributed by atoms with Crippen molar-refractivity contribution in [1.82, 2.24) is 5.32 Å². The Morgan fingerprint density at radius 2 is 1.65 bits per heavy atom. The maximum absolute atomic E-state index is 12.3. The minimum atomic E-state index is -0.0763. The van der Waals surface area contributed by atoms with E-state index in [4.69, 9.17) is 5.73 Å². The molecular formula is C17H20N2O. The molecule has 0 unspecified atom stereocenters. The molecule has 3 heteroatoms. The fourth-order valence-corrected chi connectivity index (χ4v) is 2.21. The van der Waals surface area contributed by atoms with Gasteiger partial charge in [-0.15, -0.1) is 0 Å². The number of nitrogen functional groups attached to an aromatic ring is 1. The smallest absolute Gasteiger partial charge is 0.251 e. The van der Waals surface area contributed by atoms with E-state index in [0.717, 1.165) is 22.4 Å². The highest BCUT2D eigenvalue weighted by Crippen LogP contribution is 2.19. The summed E-state index contributed by atoms with van der Waals surface area (Å²) >= 11 is 0. The number of rotatable bonds is 3. The lowest BCUT2D eigenvalue weighted by atomic mass is 10.0. The number of anilines is 1. The molecule has 0 bridgehead atoms. The molecule has 0 saturated carbocycles. The maximum atomic E-state index is 12.3. The quantitative estimate of drug-likeness (QED) is 0.838. The molecule has 3 nitrogen and oxygen atoms in total. The van der Waals surface area contributed by atoms with Crippen molar-refractivity contribution in [2.24, 2.45) is 0 Å². The summed E-state index contributed by atoms with van der Waals surface area (Å²) in [6.07, 6.45) is 0. The summed E-state index contributed by atoms with van der Waals surface area (Å²) in [7, 11) is 0. The van der Waals surface area contributed by atoms with Gasteiger partial charge in [-0.3, -0.25) is 4.79 Å². The SMILES string of the molecule is Cc1cc(C(=O)N[C@@H](C)c2ccccc2)cc(C)c1N. The van der Waals surface area contributed by atoms with Crippen LogP contribution in [0.25, 0.3) is 0 Å². The van der Waals surface area contributed by atoms with Gasteiger partial charge in [0.05, 0.1) is 6.04 Å². The molecule has 0 spiro atoms. The lowest BCUT2D eigenvalue weighted by molar-refractivity contribution is 0.0939. The Bertz CT molecular complexity index is 597. The van der Waals surface area contributed by atoms with Crippen LogP contribution in [0.5, 0.6) is 0 Å². The third kappa shape index (κ3) is 2.99. The minimum absolute atomic E-state index is 0.0261. The molecule has 0 saturated heterocycles. The first-order valence-corrected chi connectivity index (χ1v) is 6.71. The standard InChI is InChI=1S/C17H20N2O/c1-11-9-15(10-12(2)16(11)18)17(20)19-13(3)14-7-5-4-6-8-14/h4-10,13H,18H2,1-3H3,(H,19,20)/t13-/m0/s1. The topological polar surface area (TPSA) is 55.1 Å². The number of hydrogen-bond donors (Lipinski definition) is 2. The van der Waals surface area contributed by atoms with Gasteiger partial charge < -0.3 is 11.1 Å². The van der Waals surface area contributed by atoms with Gasteiger partial charge >= 0.3 is 0 Å². The lowest BCUT2D eigenvalue weighted by Crippen LogP contribution is -2.26. The second-order valence-electron chi connectivity index (χ2n) is 5.13. The van der Waals surface area contributed by atoms with Crippen molar-refractivity contribution in [1.29, 1.82) is 0 Å². The zero-order valence-corrected chi connectivity index (χ0v) is 12.1. The predicted molar refractivity (Wildman–Crippen MR) is 82.7 cm³/mol. The van der Waals surface area contributed by atoms with Crippen LogP contribution in [-0.2, 0) is 0 Å². The number of amides is 1.